The van der Waals surface area contributed by atoms with E-state index in [1.807, 2.05) is 6.92 Å². The summed E-state index contributed by atoms with van der Waals surface area (Å²) < 4.78 is 27.0. The van der Waals surface area contributed by atoms with E-state index in [0.717, 1.165) is 24.8 Å². The third-order valence-electron chi connectivity index (χ3n) is 4.42. The molecule has 0 unspecified atom stereocenters. The number of hydrogen-bond donors (Lipinski definition) is 1. The monoisotopic (exact) mass is 368 g/mol. The Morgan fingerprint density at radius 3 is 2.44 bits per heavy atom. The maximum atomic E-state index is 12.3. The summed E-state index contributed by atoms with van der Waals surface area (Å²) >= 11 is 0. The summed E-state index contributed by atoms with van der Waals surface area (Å²) in [5, 5.41) is 2.98. The Labute approximate surface area is 150 Å². The molecule has 1 saturated heterocycles. The van der Waals surface area contributed by atoms with Crippen molar-refractivity contribution in [1.82, 2.24) is 10.2 Å². The number of benzene rings is 1. The minimum absolute atomic E-state index is 0.0181. The van der Waals surface area contributed by atoms with E-state index in [-0.39, 0.29) is 17.6 Å². The lowest BCUT2D eigenvalue weighted by molar-refractivity contribution is -0.122. The second-order valence-electron chi connectivity index (χ2n) is 6.63. The molecule has 2 rings (SSSR count). The van der Waals surface area contributed by atoms with Crippen molar-refractivity contribution in [2.45, 2.75) is 38.5 Å². The topological polar surface area (TPSA) is 75.7 Å². The molecule has 1 heterocycles. The molecule has 1 aliphatic rings. The van der Waals surface area contributed by atoms with Crippen LogP contribution in [0.25, 0.3) is 0 Å². The van der Waals surface area contributed by atoms with Crippen molar-refractivity contribution in [2.75, 3.05) is 32.4 Å². The molecule has 1 aromatic rings. The quantitative estimate of drug-likeness (QED) is 0.562. The summed E-state index contributed by atoms with van der Waals surface area (Å²) in [4.78, 5) is 14.7. The fourth-order valence-corrected chi connectivity index (χ4v) is 3.45. The van der Waals surface area contributed by atoms with Crippen molar-refractivity contribution >= 4 is 16.0 Å². The molecule has 0 aromatic heterocycles. The predicted molar refractivity (Wildman–Crippen MR) is 98.2 cm³/mol. The number of carbonyl (C=O) groups is 1. The average molecular weight is 368 g/mol. The minimum Gasteiger partial charge on any atom is -0.383 e. The molecule has 1 aromatic carbocycles. The Morgan fingerprint density at radius 1 is 1.20 bits per heavy atom. The van der Waals surface area contributed by atoms with Gasteiger partial charge in [0, 0.05) is 6.54 Å². The van der Waals surface area contributed by atoms with Crippen molar-refractivity contribution in [1.29, 1.82) is 0 Å². The molecular formula is C18H28N2O4S. The van der Waals surface area contributed by atoms with E-state index in [9.17, 15) is 13.2 Å². The number of carbonyl (C=O) groups excluding carboxylic acids is 1. The number of nitrogens with one attached hydrogen (secondary N) is 1. The van der Waals surface area contributed by atoms with Gasteiger partial charge in [0.25, 0.3) is 0 Å². The lowest BCUT2D eigenvalue weighted by atomic mass is 10.0. The molecule has 0 saturated carbocycles. The Balaban J connectivity index is 1.75. The van der Waals surface area contributed by atoms with Gasteiger partial charge < -0.3 is 14.4 Å². The Bertz CT molecular complexity index is 652. The van der Waals surface area contributed by atoms with Crippen LogP contribution in [0, 0.1) is 0 Å². The summed E-state index contributed by atoms with van der Waals surface area (Å²) in [7, 11) is -3.53. The maximum absolute atomic E-state index is 12.3. The first-order valence-electron chi connectivity index (χ1n) is 8.84. The van der Waals surface area contributed by atoms with Gasteiger partial charge in [0.1, 0.15) is 5.75 Å². The van der Waals surface area contributed by atoms with Crippen molar-refractivity contribution in [3.63, 3.8) is 0 Å². The molecule has 25 heavy (non-hydrogen) atoms. The van der Waals surface area contributed by atoms with E-state index >= 15 is 0 Å². The van der Waals surface area contributed by atoms with Gasteiger partial charge in [-0.3, -0.25) is 4.79 Å². The lowest BCUT2D eigenvalue weighted by Gasteiger charge is -2.26. The largest absolute Gasteiger partial charge is 0.383 e. The number of nitrogens with zero attached hydrogens (tertiary/aromatic N) is 1. The van der Waals surface area contributed by atoms with Crippen LogP contribution in [-0.4, -0.2) is 51.7 Å². The third-order valence-corrected chi connectivity index (χ3v) is 4.92. The first-order valence-corrected chi connectivity index (χ1v) is 10.7. The molecule has 7 heteroatoms. The van der Waals surface area contributed by atoms with Crippen LogP contribution < -0.4 is 9.50 Å². The van der Waals surface area contributed by atoms with Gasteiger partial charge in [-0.15, -0.1) is 0 Å². The van der Waals surface area contributed by atoms with Crippen LogP contribution in [0.2, 0.25) is 0 Å². The zero-order chi connectivity index (χ0) is 18.3. The van der Waals surface area contributed by atoms with Crippen LogP contribution in [-0.2, 0) is 14.9 Å². The molecule has 0 radical (unpaired) electrons. The molecule has 0 aliphatic carbocycles. The van der Waals surface area contributed by atoms with Gasteiger partial charge >= 0.3 is 10.1 Å². The lowest BCUT2D eigenvalue weighted by Crippen LogP contribution is -2.34. The molecule has 0 spiro atoms. The van der Waals surface area contributed by atoms with Crippen LogP contribution in [0.3, 0.4) is 0 Å². The van der Waals surface area contributed by atoms with Crippen LogP contribution in [0.1, 0.15) is 44.1 Å². The zero-order valence-corrected chi connectivity index (χ0v) is 15.8. The number of rotatable bonds is 8. The number of piperidine rings is 1. The second kappa shape index (κ2) is 9.20. The standard InChI is InChI=1S/C18H28N2O4S/c1-15(16-7-9-17(10-8-16)24-25(2,22)23)18(21)19-11-6-14-20-12-4-3-5-13-20/h7-10,15H,3-6,11-14H2,1-2H3,(H,19,21)/t15-/m1/s1. The van der Waals surface area contributed by atoms with Crippen LogP contribution in [0.5, 0.6) is 5.75 Å². The van der Waals surface area contributed by atoms with Gasteiger partial charge in [0.15, 0.2) is 0 Å². The van der Waals surface area contributed by atoms with Gasteiger partial charge in [-0.2, -0.15) is 8.42 Å². The van der Waals surface area contributed by atoms with Crippen molar-refractivity contribution in [3.8, 4) is 5.75 Å². The first-order chi connectivity index (χ1) is 11.8. The summed E-state index contributed by atoms with van der Waals surface area (Å²) in [5.74, 6) is -0.0573. The molecule has 0 bridgehead atoms. The zero-order valence-electron chi connectivity index (χ0n) is 15.0. The van der Waals surface area contributed by atoms with Crippen molar-refractivity contribution in [3.05, 3.63) is 29.8 Å². The Hall–Kier alpha value is -1.60. The molecule has 1 atom stereocenters. The van der Waals surface area contributed by atoms with Gasteiger partial charge in [-0.05, 0) is 63.5 Å². The molecule has 1 N–H and O–H groups in total. The molecule has 6 nitrogen and oxygen atoms in total. The molecule has 1 aliphatic heterocycles. The van der Waals surface area contributed by atoms with Gasteiger partial charge in [-0.1, -0.05) is 18.6 Å². The first kappa shape index (κ1) is 19.7. The van der Waals surface area contributed by atoms with Crippen LogP contribution in [0.4, 0.5) is 0 Å². The van der Waals surface area contributed by atoms with E-state index in [4.69, 9.17) is 4.18 Å². The van der Waals surface area contributed by atoms with E-state index in [0.29, 0.717) is 6.54 Å². The normalized spacial score (nSPS) is 17.0. The second-order valence-corrected chi connectivity index (χ2v) is 8.20. The minimum atomic E-state index is -3.53. The summed E-state index contributed by atoms with van der Waals surface area (Å²) in [5.41, 5.74) is 0.828. The van der Waals surface area contributed by atoms with Crippen LogP contribution >= 0.6 is 0 Å². The molecule has 1 fully saturated rings. The van der Waals surface area contributed by atoms with E-state index in [2.05, 4.69) is 10.2 Å². The Morgan fingerprint density at radius 2 is 1.84 bits per heavy atom. The van der Waals surface area contributed by atoms with Crippen molar-refractivity contribution in [2.24, 2.45) is 0 Å². The third kappa shape index (κ3) is 7.04. The SMILES string of the molecule is C[C@@H](C(=O)NCCCN1CCCCC1)c1ccc(OS(C)(=O)=O)cc1. The van der Waals surface area contributed by atoms with E-state index < -0.39 is 10.1 Å². The smallest absolute Gasteiger partial charge is 0.306 e. The number of likely N-dealkylation sites (tertiary alicyclic amines) is 1. The van der Waals surface area contributed by atoms with Crippen molar-refractivity contribution < 1.29 is 17.4 Å². The fraction of sp³-hybridized carbons (Fsp3) is 0.611. The van der Waals surface area contributed by atoms with Gasteiger partial charge in [0.2, 0.25) is 5.91 Å². The fourth-order valence-electron chi connectivity index (χ4n) is 2.99. The highest BCUT2D eigenvalue weighted by Crippen LogP contribution is 2.20. The highest BCUT2D eigenvalue weighted by Gasteiger charge is 2.16. The molecule has 140 valence electrons. The molecular weight excluding hydrogens is 340 g/mol. The number of amides is 1. The van der Waals surface area contributed by atoms with E-state index in [1.54, 1.807) is 24.3 Å². The molecule has 1 amide bonds. The summed E-state index contributed by atoms with van der Waals surface area (Å²) in [6.45, 7) is 5.89. The van der Waals surface area contributed by atoms with E-state index in [1.165, 1.54) is 32.4 Å². The van der Waals surface area contributed by atoms with Gasteiger partial charge in [-0.25, -0.2) is 0 Å². The maximum Gasteiger partial charge on any atom is 0.306 e. The number of hydrogen-bond acceptors (Lipinski definition) is 5. The highest BCUT2D eigenvalue weighted by molar-refractivity contribution is 7.86. The average Bonchev–Trinajstić information content (AvgIpc) is 2.58. The summed E-state index contributed by atoms with van der Waals surface area (Å²) in [6.07, 6.45) is 5.85. The van der Waals surface area contributed by atoms with Gasteiger partial charge in [0.05, 0.1) is 12.2 Å². The predicted octanol–water partition coefficient (Wildman–Crippen LogP) is 2.12. The van der Waals surface area contributed by atoms with Crippen LogP contribution in [0.15, 0.2) is 24.3 Å². The summed E-state index contributed by atoms with van der Waals surface area (Å²) in [6, 6.07) is 6.57. The highest BCUT2D eigenvalue weighted by atomic mass is 32.2. The Kier molecular flexibility index (Phi) is 7.25.